The molecule has 2 heterocycles. The minimum absolute atomic E-state index is 0.00891. The van der Waals surface area contributed by atoms with E-state index < -0.39 is 17.3 Å². The highest BCUT2D eigenvalue weighted by Crippen LogP contribution is 2.46. The van der Waals surface area contributed by atoms with Crippen molar-refractivity contribution in [3.05, 3.63) is 81.2 Å². The van der Waals surface area contributed by atoms with Crippen LogP contribution in [0.5, 0.6) is 23.0 Å². The van der Waals surface area contributed by atoms with Crippen LogP contribution in [0.4, 0.5) is 0 Å². The van der Waals surface area contributed by atoms with Crippen molar-refractivity contribution in [2.75, 3.05) is 14.2 Å². The Morgan fingerprint density at radius 1 is 1.00 bits per heavy atom. The van der Waals surface area contributed by atoms with Crippen LogP contribution in [0.1, 0.15) is 23.5 Å². The maximum atomic E-state index is 13.4. The van der Waals surface area contributed by atoms with E-state index in [1.807, 2.05) is 6.07 Å². The third kappa shape index (κ3) is 3.54. The van der Waals surface area contributed by atoms with Crippen molar-refractivity contribution < 1.29 is 28.5 Å². The molecule has 1 aromatic heterocycles. The minimum Gasteiger partial charge on any atom is -0.507 e. The number of fused-ring (bicyclic) bond motifs is 3. The summed E-state index contributed by atoms with van der Waals surface area (Å²) in [6.45, 7) is 0. The van der Waals surface area contributed by atoms with E-state index in [0.29, 0.717) is 27.6 Å². The predicted octanol–water partition coefficient (Wildman–Crippen LogP) is 5.28. The van der Waals surface area contributed by atoms with Gasteiger partial charge in [-0.2, -0.15) is 0 Å². The first-order valence-corrected chi connectivity index (χ1v) is 10.8. The lowest BCUT2D eigenvalue weighted by atomic mass is 9.84. The lowest BCUT2D eigenvalue weighted by molar-refractivity contribution is -0.135. The van der Waals surface area contributed by atoms with Gasteiger partial charge in [0.2, 0.25) is 5.43 Å². The number of methoxy groups -OCH3 is 2. The molecule has 0 bridgehead atoms. The summed E-state index contributed by atoms with van der Waals surface area (Å²) in [5.41, 5.74) is 1.86. The Morgan fingerprint density at radius 2 is 1.74 bits per heavy atom. The molecule has 0 fully saturated rings. The molecular weight excluding hydrogens is 460 g/mol. The van der Waals surface area contributed by atoms with Gasteiger partial charge >= 0.3 is 5.97 Å². The third-order valence-electron chi connectivity index (χ3n) is 5.94. The van der Waals surface area contributed by atoms with Crippen LogP contribution >= 0.6 is 11.6 Å². The maximum absolute atomic E-state index is 13.4. The van der Waals surface area contributed by atoms with Gasteiger partial charge < -0.3 is 23.7 Å². The summed E-state index contributed by atoms with van der Waals surface area (Å²) in [5, 5.41) is 11.2. The first-order valence-electron chi connectivity index (χ1n) is 10.4. The Balaban J connectivity index is 1.75. The molecule has 7 nitrogen and oxygen atoms in total. The van der Waals surface area contributed by atoms with Gasteiger partial charge in [-0.3, -0.25) is 9.59 Å². The monoisotopic (exact) mass is 478 g/mol. The van der Waals surface area contributed by atoms with Crippen molar-refractivity contribution in [3.8, 4) is 34.1 Å². The molecule has 0 radical (unpaired) electrons. The average molecular weight is 479 g/mol. The standard InChI is InChI=1S/C26H19ClO7/c1-31-19-8-5-14(9-20(19)32-2)16-10-22(29)34-21-11-18(28)24-25(30)17(12-33-26(24)23(16)21)13-3-6-15(27)7-4-13/h3-9,11-12,16,28H,10H2,1-2H3/t16-/m1/s1. The number of esters is 1. The Morgan fingerprint density at radius 3 is 2.44 bits per heavy atom. The molecule has 8 heteroatoms. The number of hydrogen-bond donors (Lipinski definition) is 1. The quantitative estimate of drug-likeness (QED) is 0.315. The highest BCUT2D eigenvalue weighted by atomic mass is 35.5. The molecule has 1 aliphatic heterocycles. The summed E-state index contributed by atoms with van der Waals surface area (Å²) in [6, 6.07) is 13.3. The van der Waals surface area contributed by atoms with Gasteiger partial charge in [0.25, 0.3) is 0 Å². The van der Waals surface area contributed by atoms with E-state index >= 15 is 0 Å². The molecule has 1 atom stereocenters. The summed E-state index contributed by atoms with van der Waals surface area (Å²) in [4.78, 5) is 25.8. The third-order valence-corrected chi connectivity index (χ3v) is 6.19. The number of carbonyl (C=O) groups is 1. The van der Waals surface area contributed by atoms with Crippen LogP contribution in [0.3, 0.4) is 0 Å². The second kappa shape index (κ2) is 8.43. The highest BCUT2D eigenvalue weighted by Gasteiger charge is 2.34. The van der Waals surface area contributed by atoms with Gasteiger partial charge in [-0.1, -0.05) is 29.8 Å². The number of phenols is 1. The largest absolute Gasteiger partial charge is 0.507 e. The minimum atomic E-state index is -0.497. The number of ether oxygens (including phenoxy) is 3. The predicted molar refractivity (Wildman–Crippen MR) is 126 cm³/mol. The number of benzene rings is 3. The number of rotatable bonds is 4. The SMILES string of the molecule is COc1ccc([C@H]2CC(=O)Oc3cc(O)c4c(=O)c(-c5ccc(Cl)cc5)coc4c32)cc1OC. The molecule has 0 aliphatic carbocycles. The summed E-state index contributed by atoms with van der Waals surface area (Å²) >= 11 is 5.97. The molecule has 0 saturated heterocycles. The van der Waals surface area contributed by atoms with Crippen LogP contribution in [0.15, 0.2) is 64.0 Å². The van der Waals surface area contributed by atoms with Crippen molar-refractivity contribution in [1.29, 1.82) is 0 Å². The lowest BCUT2D eigenvalue weighted by Gasteiger charge is -2.26. The molecule has 4 aromatic rings. The molecule has 1 aliphatic rings. The molecular formula is C26H19ClO7. The summed E-state index contributed by atoms with van der Waals surface area (Å²) < 4.78 is 22.1. The molecule has 3 aromatic carbocycles. The molecule has 0 spiro atoms. The molecule has 1 N–H and O–H groups in total. The Hall–Kier alpha value is -3.97. The van der Waals surface area contributed by atoms with Crippen LogP contribution in [-0.2, 0) is 4.79 Å². The highest BCUT2D eigenvalue weighted by molar-refractivity contribution is 6.30. The summed E-state index contributed by atoms with van der Waals surface area (Å²) in [6.07, 6.45) is 1.36. The van der Waals surface area contributed by atoms with E-state index in [1.54, 1.807) is 36.4 Å². The Kier molecular flexibility index (Phi) is 5.42. The first kappa shape index (κ1) is 21.9. The van der Waals surface area contributed by atoms with E-state index in [1.165, 1.54) is 26.5 Å². The first-order chi connectivity index (χ1) is 16.4. The molecule has 172 valence electrons. The Labute approximate surface area is 199 Å². The number of halogens is 1. The molecule has 5 rings (SSSR count). The fraction of sp³-hybridized carbons (Fsp3) is 0.154. The molecule has 0 unspecified atom stereocenters. The van der Waals surface area contributed by atoms with E-state index in [2.05, 4.69) is 0 Å². The van der Waals surface area contributed by atoms with Crippen molar-refractivity contribution in [2.24, 2.45) is 0 Å². The van der Waals surface area contributed by atoms with Crippen LogP contribution < -0.4 is 19.6 Å². The second-order valence-corrected chi connectivity index (χ2v) is 8.28. The number of aromatic hydroxyl groups is 1. The summed E-state index contributed by atoms with van der Waals surface area (Å²) in [5.74, 6) is -0.119. The van der Waals surface area contributed by atoms with Crippen molar-refractivity contribution in [3.63, 3.8) is 0 Å². The normalized spacial score (nSPS) is 15.0. The average Bonchev–Trinajstić information content (AvgIpc) is 2.83. The number of carbonyl (C=O) groups excluding carboxylic acids is 1. The van der Waals surface area contributed by atoms with Gasteiger partial charge in [0.05, 0.1) is 26.2 Å². The lowest BCUT2D eigenvalue weighted by Crippen LogP contribution is -2.22. The van der Waals surface area contributed by atoms with E-state index in [-0.39, 0.29) is 34.5 Å². The van der Waals surface area contributed by atoms with Gasteiger partial charge in [-0.25, -0.2) is 0 Å². The molecule has 0 saturated carbocycles. The molecule has 34 heavy (non-hydrogen) atoms. The van der Waals surface area contributed by atoms with Crippen molar-refractivity contribution >= 4 is 28.5 Å². The smallest absolute Gasteiger partial charge is 0.312 e. The van der Waals surface area contributed by atoms with E-state index in [4.69, 9.17) is 30.2 Å². The fourth-order valence-electron chi connectivity index (χ4n) is 4.31. The van der Waals surface area contributed by atoms with Crippen molar-refractivity contribution in [1.82, 2.24) is 0 Å². The number of phenolic OH excluding ortho intramolecular Hbond substituents is 1. The van der Waals surface area contributed by atoms with Gasteiger partial charge in [0.15, 0.2) is 11.5 Å². The zero-order valence-electron chi connectivity index (χ0n) is 18.3. The van der Waals surface area contributed by atoms with E-state index in [9.17, 15) is 14.7 Å². The van der Waals surface area contributed by atoms with Crippen LogP contribution in [-0.4, -0.2) is 25.3 Å². The summed E-state index contributed by atoms with van der Waals surface area (Å²) in [7, 11) is 3.06. The van der Waals surface area contributed by atoms with Crippen LogP contribution in [0.25, 0.3) is 22.1 Å². The zero-order valence-corrected chi connectivity index (χ0v) is 19.0. The Bertz CT molecular complexity index is 1490. The fourth-order valence-corrected chi connectivity index (χ4v) is 4.44. The van der Waals surface area contributed by atoms with E-state index in [0.717, 1.165) is 5.56 Å². The zero-order chi connectivity index (χ0) is 24.0. The molecule has 0 amide bonds. The van der Waals surface area contributed by atoms with Crippen LogP contribution in [0.2, 0.25) is 5.02 Å². The number of hydrogen-bond acceptors (Lipinski definition) is 7. The van der Waals surface area contributed by atoms with Gasteiger partial charge in [0.1, 0.15) is 28.7 Å². The van der Waals surface area contributed by atoms with Gasteiger partial charge in [0, 0.05) is 22.6 Å². The van der Waals surface area contributed by atoms with Crippen LogP contribution in [0, 0.1) is 0 Å². The second-order valence-electron chi connectivity index (χ2n) is 7.84. The van der Waals surface area contributed by atoms with Gasteiger partial charge in [-0.15, -0.1) is 0 Å². The topological polar surface area (TPSA) is 95.2 Å². The van der Waals surface area contributed by atoms with Gasteiger partial charge in [-0.05, 0) is 35.4 Å². The maximum Gasteiger partial charge on any atom is 0.312 e. The van der Waals surface area contributed by atoms with Crippen molar-refractivity contribution in [2.45, 2.75) is 12.3 Å².